The number of hydrogen-bond donors (Lipinski definition) is 6. The molecule has 3 rings (SSSR count). The van der Waals surface area contributed by atoms with Gasteiger partial charge >= 0.3 is 7.60 Å². The summed E-state index contributed by atoms with van der Waals surface area (Å²) in [5.74, 6) is 0.386. The van der Waals surface area contributed by atoms with E-state index in [9.17, 15) is 24.8 Å². The monoisotopic (exact) mass is 474 g/mol. The quantitative estimate of drug-likeness (QED) is 0.291. The second-order valence-electron chi connectivity index (χ2n) is 8.70. The number of aliphatic hydroxyl groups excluding tert-OH is 2. The number of aromatic nitrogens is 4. The highest BCUT2D eigenvalue weighted by molar-refractivity contribution is 7.54. The molecule has 0 saturated carbocycles. The van der Waals surface area contributed by atoms with Crippen LogP contribution in [0.2, 0.25) is 0 Å². The van der Waals surface area contributed by atoms with Gasteiger partial charge in [0.05, 0.1) is 18.0 Å². The molecule has 1 aliphatic heterocycles. The molecule has 14 heteroatoms. The first-order chi connectivity index (χ1) is 14.7. The van der Waals surface area contributed by atoms with Gasteiger partial charge in [0.2, 0.25) is 5.95 Å². The molecule has 2 aromatic heterocycles. The van der Waals surface area contributed by atoms with Gasteiger partial charge in [0, 0.05) is 13.5 Å². The number of hydrogen-bond acceptors (Lipinski definition) is 11. The zero-order chi connectivity index (χ0) is 24.1. The Kier molecular flexibility index (Phi) is 6.57. The fourth-order valence-electron chi connectivity index (χ4n) is 3.58. The normalized spacial score (nSPS) is 27.9. The zero-order valence-corrected chi connectivity index (χ0v) is 19.5. The summed E-state index contributed by atoms with van der Waals surface area (Å²) >= 11 is 0. The smallest absolute Gasteiger partial charge is 0.359 e. The van der Waals surface area contributed by atoms with Crippen LogP contribution in [0.4, 0.5) is 11.8 Å². The topological polar surface area (TPSA) is 198 Å². The predicted octanol–water partition coefficient (Wildman–Crippen LogP) is 0.559. The van der Waals surface area contributed by atoms with Gasteiger partial charge in [-0.05, 0) is 27.2 Å². The number of rotatable bonds is 8. The van der Waals surface area contributed by atoms with Crippen molar-refractivity contribution in [1.82, 2.24) is 19.5 Å². The van der Waals surface area contributed by atoms with Gasteiger partial charge in [0.1, 0.15) is 12.2 Å². The largest absolute Gasteiger partial charge is 0.388 e. The third-order valence-corrected chi connectivity index (χ3v) is 7.90. The number of ether oxygens (including phenoxy) is 1. The number of nitrogens with zero attached hydrogens (tertiary/aromatic N) is 4. The summed E-state index contributed by atoms with van der Waals surface area (Å²) in [6.07, 6.45) is -3.31. The molecule has 0 bridgehead atoms. The van der Waals surface area contributed by atoms with Crippen LogP contribution < -0.4 is 11.1 Å². The molecule has 2 aromatic rings. The van der Waals surface area contributed by atoms with Gasteiger partial charge in [0.15, 0.2) is 28.6 Å². The van der Waals surface area contributed by atoms with Crippen molar-refractivity contribution < 1.29 is 34.0 Å². The van der Waals surface area contributed by atoms with E-state index in [1.807, 2.05) is 0 Å². The average Bonchev–Trinajstić information content (AvgIpc) is 3.22. The lowest BCUT2D eigenvalue weighted by Gasteiger charge is -2.35. The summed E-state index contributed by atoms with van der Waals surface area (Å²) in [6.45, 7) is 5.87. The Bertz CT molecular complexity index is 1030. The highest BCUT2D eigenvalue weighted by Gasteiger charge is 2.50. The van der Waals surface area contributed by atoms with Crippen molar-refractivity contribution in [1.29, 1.82) is 0 Å². The number of nitrogens with one attached hydrogen (secondary N) is 1. The van der Waals surface area contributed by atoms with Crippen LogP contribution in [0, 0.1) is 0 Å². The van der Waals surface area contributed by atoms with E-state index in [-0.39, 0.29) is 18.8 Å². The fraction of sp³-hybridized carbons (Fsp3) is 0.722. The number of fused-ring (bicyclic) bond motifs is 1. The predicted molar refractivity (Wildman–Crippen MR) is 116 cm³/mol. The molecular weight excluding hydrogens is 443 g/mol. The van der Waals surface area contributed by atoms with Gasteiger partial charge in [-0.15, -0.1) is 0 Å². The van der Waals surface area contributed by atoms with E-state index in [1.165, 1.54) is 31.7 Å². The maximum absolute atomic E-state index is 12.6. The Hall–Kier alpha value is -1.86. The Morgan fingerprint density at radius 1 is 1.31 bits per heavy atom. The second kappa shape index (κ2) is 8.49. The number of aliphatic hydroxyl groups is 3. The van der Waals surface area contributed by atoms with Crippen LogP contribution in [-0.4, -0.2) is 76.0 Å². The minimum absolute atomic E-state index is 0.00744. The molecule has 180 valence electrons. The van der Waals surface area contributed by atoms with Crippen molar-refractivity contribution in [3.8, 4) is 0 Å². The van der Waals surface area contributed by atoms with E-state index in [1.54, 1.807) is 14.0 Å². The Balaban J connectivity index is 1.84. The molecule has 0 aliphatic carbocycles. The van der Waals surface area contributed by atoms with Crippen LogP contribution >= 0.6 is 7.60 Å². The number of anilines is 2. The van der Waals surface area contributed by atoms with Gasteiger partial charge in [-0.3, -0.25) is 9.13 Å². The average molecular weight is 474 g/mol. The molecule has 0 amide bonds. The van der Waals surface area contributed by atoms with Crippen LogP contribution in [-0.2, 0) is 13.8 Å². The highest BCUT2D eigenvalue weighted by Crippen LogP contribution is 2.58. The third kappa shape index (κ3) is 4.46. The van der Waals surface area contributed by atoms with Gasteiger partial charge in [-0.25, -0.2) is 4.98 Å². The van der Waals surface area contributed by atoms with Crippen molar-refractivity contribution in [2.45, 2.75) is 76.0 Å². The molecule has 0 aromatic carbocycles. The van der Waals surface area contributed by atoms with Crippen LogP contribution in [0.5, 0.6) is 0 Å². The molecule has 2 unspecified atom stereocenters. The summed E-state index contributed by atoms with van der Waals surface area (Å²) in [7, 11) is -2.76. The third-order valence-electron chi connectivity index (χ3n) is 5.63. The van der Waals surface area contributed by atoms with E-state index >= 15 is 0 Å². The summed E-state index contributed by atoms with van der Waals surface area (Å²) in [5, 5.41) is 32.4. The molecule has 1 aliphatic rings. The molecule has 0 spiro atoms. The molecule has 7 N–H and O–H groups in total. The molecule has 13 nitrogen and oxygen atoms in total. The van der Waals surface area contributed by atoms with Crippen molar-refractivity contribution >= 4 is 30.5 Å². The Morgan fingerprint density at radius 3 is 2.56 bits per heavy atom. The Morgan fingerprint density at radius 2 is 1.97 bits per heavy atom. The van der Waals surface area contributed by atoms with Gasteiger partial charge in [-0.2, -0.15) is 9.97 Å². The first kappa shape index (κ1) is 24.8. The van der Waals surface area contributed by atoms with Crippen molar-refractivity contribution in [3.63, 3.8) is 0 Å². The molecule has 32 heavy (non-hydrogen) atoms. The maximum atomic E-state index is 12.6. The first-order valence-corrected chi connectivity index (χ1v) is 11.8. The van der Waals surface area contributed by atoms with E-state index in [0.29, 0.717) is 17.0 Å². The standard InChI is InChI=1S/C18H31N6O7P/c1-6-18(4,27)32(28,29)31-17(2,3)7-9-11(25)12(26)15(30-9)24-8-21-10-13(20-5)22-16(19)23-14(10)24/h8-9,11-12,15,25-27H,6-7H2,1-5H3,(H,28,29)(H3,19,20,22,23)/t9-,11-,12-,15-,18?/m1/s1. The number of nitrogens with two attached hydrogens (primary N) is 1. The summed E-state index contributed by atoms with van der Waals surface area (Å²) in [4.78, 5) is 22.7. The van der Waals surface area contributed by atoms with Crippen LogP contribution in [0.25, 0.3) is 11.2 Å². The maximum Gasteiger partial charge on any atom is 0.359 e. The second-order valence-corrected chi connectivity index (χ2v) is 10.9. The molecule has 6 atom stereocenters. The highest BCUT2D eigenvalue weighted by atomic mass is 31.2. The van der Waals surface area contributed by atoms with Crippen LogP contribution in [0.3, 0.4) is 0 Å². The number of imidazole rings is 1. The SMILES string of the molecule is CCC(C)(O)P(=O)(O)OC(C)(C)C[C@H]1O[C@@H](n2cnc3c(NC)nc(N)nc32)[C@H](O)[C@@H]1O. The minimum Gasteiger partial charge on any atom is -0.388 e. The lowest BCUT2D eigenvalue weighted by Crippen LogP contribution is -2.38. The van der Waals surface area contributed by atoms with Crippen molar-refractivity contribution in [2.75, 3.05) is 18.1 Å². The van der Waals surface area contributed by atoms with E-state index in [2.05, 4.69) is 20.3 Å². The summed E-state index contributed by atoms with van der Waals surface area (Å²) in [6, 6.07) is 0. The molecule has 0 radical (unpaired) electrons. The summed E-state index contributed by atoms with van der Waals surface area (Å²) < 4.78 is 25.3. The lowest BCUT2D eigenvalue weighted by molar-refractivity contribution is -0.0636. The van der Waals surface area contributed by atoms with Crippen LogP contribution in [0.1, 0.15) is 46.8 Å². The van der Waals surface area contributed by atoms with Gasteiger partial charge in [0.25, 0.3) is 0 Å². The first-order valence-electron chi connectivity index (χ1n) is 10.2. The summed E-state index contributed by atoms with van der Waals surface area (Å²) in [5.41, 5.74) is 5.19. The zero-order valence-electron chi connectivity index (χ0n) is 18.6. The Labute approximate surface area is 185 Å². The fourth-order valence-corrected chi connectivity index (χ4v) is 4.92. The minimum atomic E-state index is -4.42. The van der Waals surface area contributed by atoms with E-state index in [4.69, 9.17) is 15.0 Å². The lowest BCUT2D eigenvalue weighted by atomic mass is 9.97. The molecular formula is C18H31N6O7P. The van der Waals surface area contributed by atoms with Crippen LogP contribution in [0.15, 0.2) is 6.33 Å². The number of nitrogen functional groups attached to an aromatic ring is 1. The van der Waals surface area contributed by atoms with E-state index < -0.39 is 43.1 Å². The van der Waals surface area contributed by atoms with Crippen molar-refractivity contribution in [2.24, 2.45) is 0 Å². The van der Waals surface area contributed by atoms with Crippen molar-refractivity contribution in [3.05, 3.63) is 6.33 Å². The van der Waals surface area contributed by atoms with E-state index in [0.717, 1.165) is 0 Å². The van der Waals surface area contributed by atoms with Gasteiger partial charge in [-0.1, -0.05) is 6.92 Å². The van der Waals surface area contributed by atoms with Gasteiger partial charge < -0.3 is 40.5 Å². The molecule has 3 heterocycles. The molecule has 1 saturated heterocycles. The molecule has 1 fully saturated rings.